The molecule has 10 heteroatoms. The third kappa shape index (κ3) is 11.2. The summed E-state index contributed by atoms with van der Waals surface area (Å²) in [6.45, 7) is 11.4. The van der Waals surface area contributed by atoms with Crippen molar-refractivity contribution in [3.8, 4) is 0 Å². The molecule has 0 spiro atoms. The van der Waals surface area contributed by atoms with Crippen molar-refractivity contribution in [2.24, 2.45) is 17.8 Å². The van der Waals surface area contributed by atoms with Crippen molar-refractivity contribution < 1.29 is 43.9 Å². The van der Waals surface area contributed by atoms with Crippen LogP contribution in [0.5, 0.6) is 0 Å². The lowest BCUT2D eigenvalue weighted by Gasteiger charge is -2.33. The maximum absolute atomic E-state index is 12.8. The number of aliphatic hydroxyl groups is 3. The maximum Gasteiger partial charge on any atom is 0.408 e. The molecule has 46 heavy (non-hydrogen) atoms. The fourth-order valence-electron chi connectivity index (χ4n) is 6.70. The highest BCUT2D eigenvalue weighted by Gasteiger charge is 2.50. The van der Waals surface area contributed by atoms with Crippen LogP contribution in [0.25, 0.3) is 0 Å². The van der Waals surface area contributed by atoms with Crippen molar-refractivity contribution in [2.75, 3.05) is 7.11 Å². The predicted molar refractivity (Wildman–Crippen MR) is 176 cm³/mol. The van der Waals surface area contributed by atoms with E-state index in [9.17, 15) is 24.9 Å². The van der Waals surface area contributed by atoms with E-state index in [4.69, 9.17) is 18.9 Å². The van der Waals surface area contributed by atoms with Crippen LogP contribution in [0.1, 0.15) is 99.3 Å². The summed E-state index contributed by atoms with van der Waals surface area (Å²) in [5.41, 5.74) is -0.706. The number of carbonyl (C=O) groups excluding carboxylic acids is 2. The van der Waals surface area contributed by atoms with Crippen LogP contribution < -0.4 is 5.32 Å². The zero-order chi connectivity index (χ0) is 34.0. The van der Waals surface area contributed by atoms with Crippen LogP contribution in [-0.2, 0) is 23.7 Å². The minimum atomic E-state index is -1.46. The summed E-state index contributed by atoms with van der Waals surface area (Å²) in [5, 5.41) is 35.8. The van der Waals surface area contributed by atoms with Crippen molar-refractivity contribution in [1.29, 1.82) is 0 Å². The lowest BCUT2D eigenvalue weighted by atomic mass is 9.88. The van der Waals surface area contributed by atoms with E-state index >= 15 is 0 Å². The summed E-state index contributed by atoms with van der Waals surface area (Å²) in [6.07, 6.45) is 10.9. The van der Waals surface area contributed by atoms with Gasteiger partial charge in [0.05, 0.1) is 30.8 Å². The Morgan fingerprint density at radius 3 is 2.52 bits per heavy atom. The Kier molecular flexibility index (Phi) is 14.8. The first kappa shape index (κ1) is 38.2. The largest absolute Gasteiger partial charge is 0.457 e. The number of hydrogen-bond donors (Lipinski definition) is 4. The fraction of sp³-hybridized carbons (Fsp3) is 0.778. The number of nitrogens with one attached hydrogen (secondary N) is 1. The molecule has 1 aliphatic carbocycles. The number of aliphatic hydroxyl groups excluding tert-OH is 2. The van der Waals surface area contributed by atoms with Gasteiger partial charge in [0, 0.05) is 30.9 Å². The number of methoxy groups -OCH3 is 1. The van der Waals surface area contributed by atoms with Crippen molar-refractivity contribution in [2.45, 2.75) is 154 Å². The monoisotopic (exact) mass is 649 g/mol. The second-order valence-electron chi connectivity index (χ2n) is 14.0. The summed E-state index contributed by atoms with van der Waals surface area (Å²) >= 11 is 0. The maximum atomic E-state index is 12.8. The van der Waals surface area contributed by atoms with Gasteiger partial charge in [-0.15, -0.1) is 0 Å². The first-order valence-electron chi connectivity index (χ1n) is 17.2. The van der Waals surface area contributed by atoms with E-state index in [0.29, 0.717) is 0 Å². The Bertz CT molecular complexity index is 1060. The van der Waals surface area contributed by atoms with E-state index < -0.39 is 42.1 Å². The lowest BCUT2D eigenvalue weighted by molar-refractivity contribution is -0.151. The van der Waals surface area contributed by atoms with Crippen LogP contribution in [0.15, 0.2) is 36.0 Å². The molecule has 11 atom stereocenters. The van der Waals surface area contributed by atoms with Gasteiger partial charge in [-0.25, -0.2) is 4.79 Å². The normalized spacial score (nSPS) is 35.2. The molecule has 1 saturated heterocycles. The van der Waals surface area contributed by atoms with E-state index in [-0.39, 0.29) is 61.4 Å². The quantitative estimate of drug-likeness (QED) is 0.103. The Hall–Kier alpha value is -2.24. The Morgan fingerprint density at radius 2 is 1.87 bits per heavy atom. The Labute approximate surface area is 275 Å². The zero-order valence-electron chi connectivity index (χ0n) is 28.9. The van der Waals surface area contributed by atoms with E-state index in [1.165, 1.54) is 0 Å². The topological polar surface area (TPSA) is 147 Å². The fourth-order valence-corrected chi connectivity index (χ4v) is 6.70. The van der Waals surface area contributed by atoms with Crippen molar-refractivity contribution in [3.63, 3.8) is 0 Å². The Balaban J connectivity index is 1.71. The lowest BCUT2D eigenvalue weighted by Crippen LogP contribution is -2.46. The summed E-state index contributed by atoms with van der Waals surface area (Å²) in [6, 6.07) is 0.0569. The predicted octanol–water partition coefficient (Wildman–Crippen LogP) is 5.14. The van der Waals surface area contributed by atoms with Crippen molar-refractivity contribution in [3.05, 3.63) is 36.0 Å². The second-order valence-corrected chi connectivity index (χ2v) is 14.0. The van der Waals surface area contributed by atoms with Crippen LogP contribution in [0, 0.1) is 17.8 Å². The molecule has 2 fully saturated rings. The molecule has 1 amide bonds. The van der Waals surface area contributed by atoms with Gasteiger partial charge in [-0.3, -0.25) is 4.79 Å². The number of allylic oxidation sites excluding steroid dienone is 2. The molecule has 4 N–H and O–H groups in total. The molecule has 2 heterocycles. The number of hydrogen-bond acceptors (Lipinski definition) is 9. The molecule has 1 saturated carbocycles. The first-order chi connectivity index (χ1) is 21.8. The number of amides is 1. The van der Waals surface area contributed by atoms with E-state index in [2.05, 4.69) is 19.2 Å². The van der Waals surface area contributed by atoms with Gasteiger partial charge in [-0.1, -0.05) is 71.3 Å². The number of ether oxygens (including phenoxy) is 4. The molecule has 262 valence electrons. The highest BCUT2D eigenvalue weighted by Crippen LogP contribution is 2.37. The van der Waals surface area contributed by atoms with Gasteiger partial charge in [0.15, 0.2) is 6.10 Å². The number of carbonyl (C=O) groups is 2. The molecule has 11 unspecified atom stereocenters. The molecule has 0 radical (unpaired) electrons. The highest BCUT2D eigenvalue weighted by atomic mass is 16.6. The molecule has 3 rings (SSSR count). The van der Waals surface area contributed by atoms with Gasteiger partial charge < -0.3 is 39.6 Å². The standard InChI is InChI=1S/C36H59NO9/c1-8-28(43-7)25(5)33-34(46-33)31(40)22(2)13-12-14-23(3)32-24(4)17-18-29(44-35(41)37-26-15-10-9-11-16-26)36(6,42)20-19-27(38)21-30(39)45-32/h12-14,17-18,22,24-29,31-34,38,40,42H,8-11,15-16,19-21H2,1-7H3,(H,37,41)/b13-12+,18-17+,23-14+. The average Bonchev–Trinajstić information content (AvgIpc) is 3.82. The van der Waals surface area contributed by atoms with Gasteiger partial charge in [0.2, 0.25) is 0 Å². The van der Waals surface area contributed by atoms with Crippen molar-refractivity contribution >= 4 is 12.1 Å². The minimum absolute atomic E-state index is 0.0430. The molecule has 0 aromatic heterocycles. The van der Waals surface area contributed by atoms with E-state index in [0.717, 1.165) is 44.1 Å². The molecular weight excluding hydrogens is 590 g/mol. The summed E-state index contributed by atoms with van der Waals surface area (Å²) < 4.78 is 23.0. The molecule has 3 aliphatic rings. The van der Waals surface area contributed by atoms with Crippen LogP contribution in [0.2, 0.25) is 0 Å². The highest BCUT2D eigenvalue weighted by molar-refractivity contribution is 5.70. The average molecular weight is 650 g/mol. The van der Waals surface area contributed by atoms with Crippen molar-refractivity contribution in [1.82, 2.24) is 5.32 Å². The van der Waals surface area contributed by atoms with Gasteiger partial charge in [-0.2, -0.15) is 0 Å². The van der Waals surface area contributed by atoms with Crippen LogP contribution in [-0.4, -0.2) is 88.9 Å². The van der Waals surface area contributed by atoms with Crippen LogP contribution in [0.3, 0.4) is 0 Å². The molecule has 0 aromatic rings. The summed E-state index contributed by atoms with van der Waals surface area (Å²) in [4.78, 5) is 25.6. The Morgan fingerprint density at radius 1 is 1.17 bits per heavy atom. The molecule has 10 nitrogen and oxygen atoms in total. The van der Waals surface area contributed by atoms with Gasteiger partial charge >= 0.3 is 12.1 Å². The number of epoxide rings is 1. The SMILES string of the molecule is CCC(OC)C(C)C1OC1C(O)C(C)/C=C/C=C(\C)C1OC(=O)CC(O)CCC(C)(O)C(OC(=O)NC2CCCCC2)/C=C/C1C. The van der Waals surface area contributed by atoms with Crippen LogP contribution in [0.4, 0.5) is 4.79 Å². The number of cyclic esters (lactones) is 1. The van der Waals surface area contributed by atoms with Crippen LogP contribution >= 0.6 is 0 Å². The number of rotatable bonds is 11. The van der Waals surface area contributed by atoms with Gasteiger partial charge in [0.1, 0.15) is 17.8 Å². The summed E-state index contributed by atoms with van der Waals surface area (Å²) in [5.74, 6) is -0.881. The molecular formula is C36H59NO9. The molecule has 2 aliphatic heterocycles. The number of alkyl carbamates (subject to hydrolysis) is 1. The van der Waals surface area contributed by atoms with E-state index in [1.807, 2.05) is 39.0 Å². The zero-order valence-corrected chi connectivity index (χ0v) is 28.9. The smallest absolute Gasteiger partial charge is 0.408 e. The molecule has 0 bridgehead atoms. The van der Waals surface area contributed by atoms with Gasteiger partial charge in [0.25, 0.3) is 0 Å². The number of esters is 1. The second kappa shape index (κ2) is 17.8. The minimum Gasteiger partial charge on any atom is -0.457 e. The van der Waals surface area contributed by atoms with E-state index in [1.54, 1.807) is 26.2 Å². The first-order valence-corrected chi connectivity index (χ1v) is 17.2. The third-order valence-electron chi connectivity index (χ3n) is 9.95. The molecule has 0 aromatic carbocycles. The summed E-state index contributed by atoms with van der Waals surface area (Å²) in [7, 11) is 1.70. The van der Waals surface area contributed by atoms with Gasteiger partial charge in [-0.05, 0) is 57.6 Å². The third-order valence-corrected chi connectivity index (χ3v) is 9.95.